The van der Waals surface area contributed by atoms with Crippen molar-refractivity contribution in [3.05, 3.63) is 93.1 Å². The number of hydrogen-bond donors (Lipinski definition) is 5. The zero-order chi connectivity index (χ0) is 47.9. The van der Waals surface area contributed by atoms with Gasteiger partial charge in [0.25, 0.3) is 11.8 Å². The van der Waals surface area contributed by atoms with E-state index in [9.17, 15) is 34.0 Å². The third kappa shape index (κ3) is 10.3. The Morgan fingerprint density at radius 2 is 1.93 bits per heavy atom. The highest BCUT2D eigenvalue weighted by molar-refractivity contribution is 7.12. The molecular formula is C45H48N14O8S. The topological polar surface area (TPSA) is 271 Å². The third-order valence-electron chi connectivity index (χ3n) is 11.6. The van der Waals surface area contributed by atoms with Crippen molar-refractivity contribution in [2.45, 2.75) is 64.4 Å². The van der Waals surface area contributed by atoms with E-state index in [-0.39, 0.29) is 68.7 Å². The van der Waals surface area contributed by atoms with Crippen LogP contribution in [-0.2, 0) is 50.1 Å². The van der Waals surface area contributed by atoms with Crippen LogP contribution in [0.5, 0.6) is 5.75 Å². The van der Waals surface area contributed by atoms with E-state index in [1.165, 1.54) is 23.3 Å². The number of carbonyl (C=O) groups excluding carboxylic acids is 6. The lowest BCUT2D eigenvalue weighted by Crippen LogP contribution is -2.52. The molecule has 1 fully saturated rings. The summed E-state index contributed by atoms with van der Waals surface area (Å²) in [5, 5.41) is 32.0. The summed E-state index contributed by atoms with van der Waals surface area (Å²) in [5.74, 6) is -0.818. The molecule has 5 aromatic rings. The van der Waals surface area contributed by atoms with Gasteiger partial charge in [-0.05, 0) is 55.3 Å². The molecule has 2 aromatic carbocycles. The number of amides is 6. The van der Waals surface area contributed by atoms with Crippen LogP contribution >= 0.6 is 11.3 Å². The Morgan fingerprint density at radius 3 is 2.71 bits per heavy atom. The normalized spacial score (nSPS) is 16.5. The number of hydrogen-bond acceptors (Lipinski definition) is 17. The van der Waals surface area contributed by atoms with E-state index in [4.69, 9.17) is 14.5 Å². The summed E-state index contributed by atoms with van der Waals surface area (Å²) < 4.78 is 12.8. The number of fused-ring (bicyclic) bond motifs is 2. The van der Waals surface area contributed by atoms with Crippen LogP contribution in [0.2, 0.25) is 0 Å². The molecule has 0 spiro atoms. The van der Waals surface area contributed by atoms with E-state index in [2.05, 4.69) is 47.9 Å². The summed E-state index contributed by atoms with van der Waals surface area (Å²) in [6.45, 7) is 4.11. The fraction of sp³-hybridized carbons (Fsp3) is 0.356. The van der Waals surface area contributed by atoms with Crippen LogP contribution in [0, 0.1) is 11.3 Å². The molecule has 3 aromatic heterocycles. The molecule has 352 valence electrons. The minimum absolute atomic E-state index is 0.0731. The number of aromatic nitrogens is 5. The van der Waals surface area contributed by atoms with Crippen LogP contribution in [0.25, 0.3) is 0 Å². The first-order chi connectivity index (χ1) is 32.9. The molecule has 68 heavy (non-hydrogen) atoms. The predicted molar refractivity (Wildman–Crippen MR) is 247 cm³/mol. The van der Waals surface area contributed by atoms with Crippen molar-refractivity contribution >= 4 is 75.6 Å². The van der Waals surface area contributed by atoms with Gasteiger partial charge in [0.1, 0.15) is 46.8 Å². The van der Waals surface area contributed by atoms with Gasteiger partial charge in [0.05, 0.1) is 51.4 Å². The standard InChI is InChI=1S/C45H48N14O8S/c1-4-34-44(65)56(2)36-21-49-45(53-40(36)58(34)23-29-10-9-28(19-46)68-29)51-33-11-8-26(18-37(33)66-3)41(62)48-20-27-22-57(55-54-27)16-14-47-15-17-67-25-39(61)50-32-7-5-6-30-31(32)24-59(43(30)64)35-12-13-38(60)52-42(35)63/h5-11,18,21-22,34-35,47H,4,12-17,20,23-25H2,1-3H3,(H,48,62)(H,50,61)(H,49,51,53)(H,52,60,63)/t34-,35?/m1/s1. The number of benzene rings is 2. The second kappa shape index (κ2) is 20.8. The second-order valence-corrected chi connectivity index (χ2v) is 17.2. The minimum atomic E-state index is -0.754. The highest BCUT2D eigenvalue weighted by Gasteiger charge is 2.40. The van der Waals surface area contributed by atoms with E-state index in [0.717, 1.165) is 4.88 Å². The van der Waals surface area contributed by atoms with Crippen molar-refractivity contribution in [2.75, 3.05) is 60.9 Å². The number of nitriles is 1. The SMILES string of the molecule is CC[C@@H]1C(=O)N(C)c2cnc(Nc3ccc(C(=O)NCc4cn(CCNCCOCC(=O)Nc5cccc6c5CN(C5CCC(=O)NC5=O)C6=O)nn4)cc3OC)nc2N1Cc1ccc(C#N)s1. The Kier molecular flexibility index (Phi) is 14.3. The van der Waals surface area contributed by atoms with Gasteiger partial charge < -0.3 is 45.4 Å². The highest BCUT2D eigenvalue weighted by Crippen LogP contribution is 2.38. The molecule has 1 saturated heterocycles. The van der Waals surface area contributed by atoms with Crippen LogP contribution < -0.4 is 41.1 Å². The average molecular weight is 945 g/mol. The molecule has 6 amide bonds. The number of piperidine rings is 1. The Labute approximate surface area is 394 Å². The zero-order valence-electron chi connectivity index (χ0n) is 37.4. The molecule has 0 saturated carbocycles. The first-order valence-electron chi connectivity index (χ1n) is 21.8. The van der Waals surface area contributed by atoms with Gasteiger partial charge >= 0.3 is 0 Å². The van der Waals surface area contributed by atoms with E-state index in [0.29, 0.717) is 88.5 Å². The number of nitrogens with one attached hydrogen (secondary N) is 5. The van der Waals surface area contributed by atoms with Crippen molar-refractivity contribution in [2.24, 2.45) is 0 Å². The first-order valence-corrected chi connectivity index (χ1v) is 22.6. The van der Waals surface area contributed by atoms with Crippen LogP contribution in [-0.4, -0.2) is 118 Å². The zero-order valence-corrected chi connectivity index (χ0v) is 38.2. The highest BCUT2D eigenvalue weighted by atomic mass is 32.1. The van der Waals surface area contributed by atoms with Crippen LogP contribution in [0.3, 0.4) is 0 Å². The van der Waals surface area contributed by atoms with Gasteiger partial charge in [0.15, 0.2) is 5.82 Å². The van der Waals surface area contributed by atoms with Crippen LogP contribution in [0.1, 0.15) is 67.9 Å². The number of rotatable bonds is 19. The lowest BCUT2D eigenvalue weighted by atomic mass is 10.0. The summed E-state index contributed by atoms with van der Waals surface area (Å²) in [6, 6.07) is 14.5. The van der Waals surface area contributed by atoms with Crippen molar-refractivity contribution in [1.82, 2.24) is 45.8 Å². The molecule has 5 N–H and O–H groups in total. The molecule has 1 unspecified atom stereocenters. The summed E-state index contributed by atoms with van der Waals surface area (Å²) in [5.41, 5.74) is 3.43. The first kappa shape index (κ1) is 46.7. The Morgan fingerprint density at radius 1 is 1.07 bits per heavy atom. The van der Waals surface area contributed by atoms with Gasteiger partial charge in [-0.3, -0.25) is 38.8 Å². The van der Waals surface area contributed by atoms with Crippen LogP contribution in [0.15, 0.2) is 60.9 Å². The van der Waals surface area contributed by atoms with Gasteiger partial charge in [-0.1, -0.05) is 18.2 Å². The summed E-state index contributed by atoms with van der Waals surface area (Å²) in [7, 11) is 3.19. The third-order valence-corrected chi connectivity index (χ3v) is 12.6. The maximum atomic E-state index is 13.3. The fourth-order valence-electron chi connectivity index (χ4n) is 8.14. The van der Waals surface area contributed by atoms with E-state index < -0.39 is 23.9 Å². The Balaban J connectivity index is 0.764. The number of anilines is 5. The molecule has 2 atom stereocenters. The fourth-order valence-corrected chi connectivity index (χ4v) is 8.95. The molecule has 8 rings (SSSR count). The smallest absolute Gasteiger partial charge is 0.255 e. The quantitative estimate of drug-likeness (QED) is 0.0588. The Bertz CT molecular complexity index is 2810. The number of likely N-dealkylation sites (N-methyl/N-ethyl adjacent to an activating group) is 1. The van der Waals surface area contributed by atoms with E-state index in [1.807, 2.05) is 17.9 Å². The van der Waals surface area contributed by atoms with Gasteiger partial charge in [-0.2, -0.15) is 10.2 Å². The number of ether oxygens (including phenoxy) is 2. The number of thiophene rings is 1. The molecule has 3 aliphatic heterocycles. The number of nitrogens with zero attached hydrogens (tertiary/aromatic N) is 9. The number of carbonyl (C=O) groups is 6. The minimum Gasteiger partial charge on any atom is -0.495 e. The molecule has 23 heteroatoms. The largest absolute Gasteiger partial charge is 0.495 e. The summed E-state index contributed by atoms with van der Waals surface area (Å²) in [4.78, 5) is 92.1. The number of methoxy groups -OCH3 is 1. The molecule has 22 nitrogen and oxygen atoms in total. The lowest BCUT2D eigenvalue weighted by Gasteiger charge is -2.40. The number of imide groups is 1. The van der Waals surface area contributed by atoms with Crippen molar-refractivity contribution in [3.8, 4) is 11.8 Å². The Hall–Kier alpha value is -7.81. The van der Waals surface area contributed by atoms with E-state index >= 15 is 0 Å². The van der Waals surface area contributed by atoms with Crippen LogP contribution in [0.4, 0.5) is 28.8 Å². The van der Waals surface area contributed by atoms with Crippen molar-refractivity contribution in [1.29, 1.82) is 5.26 Å². The summed E-state index contributed by atoms with van der Waals surface area (Å²) >= 11 is 1.37. The second-order valence-electron chi connectivity index (χ2n) is 16.0. The predicted octanol–water partition coefficient (Wildman–Crippen LogP) is 2.45. The molecule has 0 radical (unpaired) electrons. The molecular weight excluding hydrogens is 897 g/mol. The summed E-state index contributed by atoms with van der Waals surface area (Å²) in [6.07, 6.45) is 4.26. The van der Waals surface area contributed by atoms with Gasteiger partial charge in [0.2, 0.25) is 29.6 Å². The molecule has 6 heterocycles. The molecule has 0 aliphatic carbocycles. The van der Waals surface area contributed by atoms with Gasteiger partial charge in [-0.25, -0.2) is 4.98 Å². The lowest BCUT2D eigenvalue weighted by molar-refractivity contribution is -0.137. The average Bonchev–Trinajstić information content (AvgIpc) is 4.09. The van der Waals surface area contributed by atoms with Crippen molar-refractivity contribution < 1.29 is 38.2 Å². The maximum absolute atomic E-state index is 13.3. The van der Waals surface area contributed by atoms with E-state index in [1.54, 1.807) is 71.5 Å². The van der Waals surface area contributed by atoms with Gasteiger partial charge in [0, 0.05) is 60.4 Å². The van der Waals surface area contributed by atoms with Crippen molar-refractivity contribution in [3.63, 3.8) is 0 Å². The monoisotopic (exact) mass is 944 g/mol. The molecule has 0 bridgehead atoms. The maximum Gasteiger partial charge on any atom is 0.255 e. The molecule has 3 aliphatic rings. The van der Waals surface area contributed by atoms with Gasteiger partial charge in [-0.15, -0.1) is 16.4 Å².